The molecule has 3 rings (SSSR count). The molecule has 0 bridgehead atoms. The van der Waals surface area contributed by atoms with Crippen LogP contribution in [0.4, 0.5) is 0 Å². The van der Waals surface area contributed by atoms with Gasteiger partial charge in [-0.15, -0.1) is 0 Å². The zero-order valence-corrected chi connectivity index (χ0v) is 12.4. The Morgan fingerprint density at radius 2 is 2.00 bits per heavy atom. The third kappa shape index (κ3) is 3.63. The molecule has 2 aliphatic rings. The molecule has 0 amide bonds. The number of hydrogen-bond acceptors (Lipinski definition) is 2. The summed E-state index contributed by atoms with van der Waals surface area (Å²) >= 11 is 0. The number of epoxide rings is 1. The molecule has 1 saturated heterocycles. The number of ether oxygens (including phenoxy) is 2. The van der Waals surface area contributed by atoms with Crippen molar-refractivity contribution in [2.24, 2.45) is 0 Å². The summed E-state index contributed by atoms with van der Waals surface area (Å²) in [6.07, 6.45) is 9.66. The number of benzene rings is 1. The summed E-state index contributed by atoms with van der Waals surface area (Å²) in [5.41, 5.74) is 3.01. The molecule has 108 valence electrons. The minimum absolute atomic E-state index is 0.153. The van der Waals surface area contributed by atoms with Crippen molar-refractivity contribution < 1.29 is 9.47 Å². The first-order chi connectivity index (χ1) is 9.75. The van der Waals surface area contributed by atoms with Gasteiger partial charge in [0, 0.05) is 0 Å². The number of hydrogen-bond donors (Lipinski definition) is 0. The van der Waals surface area contributed by atoms with Crippen molar-refractivity contribution in [1.82, 2.24) is 0 Å². The van der Waals surface area contributed by atoms with Crippen molar-refractivity contribution in [2.45, 2.75) is 51.0 Å². The van der Waals surface area contributed by atoms with Crippen LogP contribution in [0.25, 0.3) is 5.57 Å². The van der Waals surface area contributed by atoms with Gasteiger partial charge >= 0.3 is 0 Å². The van der Waals surface area contributed by atoms with E-state index >= 15 is 0 Å². The van der Waals surface area contributed by atoms with Crippen LogP contribution in [0.15, 0.2) is 30.3 Å². The average Bonchev–Trinajstić information content (AvgIpc) is 3.23. The highest BCUT2D eigenvalue weighted by Gasteiger charge is 2.38. The van der Waals surface area contributed by atoms with Crippen molar-refractivity contribution in [3.8, 4) is 5.75 Å². The monoisotopic (exact) mass is 272 g/mol. The summed E-state index contributed by atoms with van der Waals surface area (Å²) in [4.78, 5) is 0. The van der Waals surface area contributed by atoms with Gasteiger partial charge in [-0.05, 0) is 68.7 Å². The topological polar surface area (TPSA) is 21.8 Å². The lowest BCUT2D eigenvalue weighted by atomic mass is 9.94. The first kappa shape index (κ1) is 13.7. The maximum absolute atomic E-state index is 5.80. The van der Waals surface area contributed by atoms with Gasteiger partial charge in [-0.25, -0.2) is 0 Å². The highest BCUT2D eigenvalue weighted by atomic mass is 16.6. The standard InChI is InChI=1S/C18H24O2/c1-18(14-20-18)12-5-13-19-17-10-8-16(9-11-17)15-6-3-2-4-7-15/h6,8-11H,2-5,7,12-14H2,1H3. The number of allylic oxidation sites excluding steroid dienone is 2. The summed E-state index contributed by atoms with van der Waals surface area (Å²) in [5, 5.41) is 0. The molecule has 1 aromatic carbocycles. The van der Waals surface area contributed by atoms with E-state index in [-0.39, 0.29) is 5.60 Å². The van der Waals surface area contributed by atoms with Crippen LogP contribution in [-0.4, -0.2) is 18.8 Å². The molecular formula is C18H24O2. The molecule has 1 atom stereocenters. The Kier molecular flexibility index (Phi) is 4.11. The molecule has 0 spiro atoms. The Labute approximate surface area is 121 Å². The third-order valence-electron chi connectivity index (χ3n) is 4.27. The van der Waals surface area contributed by atoms with Crippen LogP contribution in [0.1, 0.15) is 51.0 Å². The summed E-state index contributed by atoms with van der Waals surface area (Å²) < 4.78 is 11.2. The average molecular weight is 272 g/mol. The number of rotatable bonds is 6. The lowest BCUT2D eigenvalue weighted by Gasteiger charge is -2.13. The van der Waals surface area contributed by atoms with Gasteiger partial charge in [0.05, 0.1) is 18.8 Å². The molecule has 1 aliphatic carbocycles. The van der Waals surface area contributed by atoms with E-state index in [1.54, 1.807) is 0 Å². The fourth-order valence-corrected chi connectivity index (χ4v) is 2.77. The van der Waals surface area contributed by atoms with Gasteiger partial charge < -0.3 is 9.47 Å². The maximum Gasteiger partial charge on any atom is 0.119 e. The van der Waals surface area contributed by atoms with Gasteiger partial charge in [0.15, 0.2) is 0 Å². The largest absolute Gasteiger partial charge is 0.494 e. The second-order valence-corrected chi connectivity index (χ2v) is 6.19. The van der Waals surface area contributed by atoms with Crippen LogP contribution >= 0.6 is 0 Å². The van der Waals surface area contributed by atoms with E-state index in [2.05, 4.69) is 37.3 Å². The first-order valence-electron chi connectivity index (χ1n) is 7.81. The Bertz CT molecular complexity index is 469. The molecule has 1 aliphatic heterocycles. The Morgan fingerprint density at radius 3 is 2.65 bits per heavy atom. The van der Waals surface area contributed by atoms with E-state index in [0.29, 0.717) is 0 Å². The SMILES string of the molecule is CC1(CCCOc2ccc(C3=CCCCC3)cc2)CO1. The van der Waals surface area contributed by atoms with Gasteiger partial charge in [-0.3, -0.25) is 0 Å². The van der Waals surface area contributed by atoms with Crippen LogP contribution in [0, 0.1) is 0 Å². The first-order valence-corrected chi connectivity index (χ1v) is 7.81. The highest BCUT2D eigenvalue weighted by molar-refractivity contribution is 5.66. The summed E-state index contributed by atoms with van der Waals surface area (Å²) in [6.45, 7) is 3.86. The van der Waals surface area contributed by atoms with E-state index in [0.717, 1.165) is 31.8 Å². The predicted octanol–water partition coefficient (Wildman–Crippen LogP) is 4.59. The third-order valence-corrected chi connectivity index (χ3v) is 4.27. The highest BCUT2D eigenvalue weighted by Crippen LogP contribution is 2.31. The molecular weight excluding hydrogens is 248 g/mol. The smallest absolute Gasteiger partial charge is 0.119 e. The molecule has 2 nitrogen and oxygen atoms in total. The molecule has 20 heavy (non-hydrogen) atoms. The van der Waals surface area contributed by atoms with Crippen LogP contribution in [-0.2, 0) is 4.74 Å². The van der Waals surface area contributed by atoms with Crippen molar-refractivity contribution in [1.29, 1.82) is 0 Å². The van der Waals surface area contributed by atoms with E-state index in [1.165, 1.54) is 36.8 Å². The van der Waals surface area contributed by atoms with E-state index in [9.17, 15) is 0 Å². The van der Waals surface area contributed by atoms with Gasteiger partial charge in [0.25, 0.3) is 0 Å². The normalized spacial score (nSPS) is 25.1. The van der Waals surface area contributed by atoms with E-state index in [4.69, 9.17) is 9.47 Å². The molecule has 0 saturated carbocycles. The molecule has 2 heteroatoms. The molecule has 0 N–H and O–H groups in total. The Morgan fingerprint density at radius 1 is 1.20 bits per heavy atom. The molecule has 1 unspecified atom stereocenters. The Balaban J connectivity index is 1.47. The van der Waals surface area contributed by atoms with Gasteiger partial charge in [-0.2, -0.15) is 0 Å². The molecule has 0 aromatic heterocycles. The fraction of sp³-hybridized carbons (Fsp3) is 0.556. The summed E-state index contributed by atoms with van der Waals surface area (Å²) in [6, 6.07) is 8.58. The van der Waals surface area contributed by atoms with E-state index < -0.39 is 0 Å². The van der Waals surface area contributed by atoms with Crippen LogP contribution in [0.3, 0.4) is 0 Å². The van der Waals surface area contributed by atoms with Crippen LogP contribution in [0.2, 0.25) is 0 Å². The minimum atomic E-state index is 0.153. The quantitative estimate of drug-likeness (QED) is 0.558. The maximum atomic E-state index is 5.80. The fourth-order valence-electron chi connectivity index (χ4n) is 2.77. The second kappa shape index (κ2) is 6.01. The molecule has 1 fully saturated rings. The van der Waals surface area contributed by atoms with Gasteiger partial charge in [0.2, 0.25) is 0 Å². The predicted molar refractivity (Wildman–Crippen MR) is 82.0 cm³/mol. The van der Waals surface area contributed by atoms with Crippen molar-refractivity contribution in [3.05, 3.63) is 35.9 Å². The molecule has 1 heterocycles. The second-order valence-electron chi connectivity index (χ2n) is 6.19. The van der Waals surface area contributed by atoms with Crippen LogP contribution in [0.5, 0.6) is 5.75 Å². The van der Waals surface area contributed by atoms with Crippen molar-refractivity contribution in [2.75, 3.05) is 13.2 Å². The van der Waals surface area contributed by atoms with Crippen molar-refractivity contribution in [3.63, 3.8) is 0 Å². The van der Waals surface area contributed by atoms with Gasteiger partial charge in [-0.1, -0.05) is 18.2 Å². The zero-order chi connectivity index (χ0) is 13.8. The summed E-state index contributed by atoms with van der Waals surface area (Å²) in [7, 11) is 0. The van der Waals surface area contributed by atoms with Crippen molar-refractivity contribution >= 4 is 5.57 Å². The van der Waals surface area contributed by atoms with E-state index in [1.807, 2.05) is 0 Å². The lowest BCUT2D eigenvalue weighted by Crippen LogP contribution is -2.07. The molecule has 0 radical (unpaired) electrons. The van der Waals surface area contributed by atoms with Crippen LogP contribution < -0.4 is 4.74 Å². The Hall–Kier alpha value is -1.28. The van der Waals surface area contributed by atoms with Gasteiger partial charge in [0.1, 0.15) is 5.75 Å². The lowest BCUT2D eigenvalue weighted by molar-refractivity contribution is 0.260. The zero-order valence-electron chi connectivity index (χ0n) is 12.4. The summed E-state index contributed by atoms with van der Waals surface area (Å²) in [5.74, 6) is 0.979. The minimum Gasteiger partial charge on any atom is -0.494 e. The molecule has 1 aromatic rings.